The zero-order chi connectivity index (χ0) is 11.5. The summed E-state index contributed by atoms with van der Waals surface area (Å²) in [5.74, 6) is 0.789. The minimum atomic E-state index is -0.398. The fourth-order valence-corrected chi connectivity index (χ4v) is 1.64. The highest BCUT2D eigenvalue weighted by Crippen LogP contribution is 2.33. The summed E-state index contributed by atoms with van der Waals surface area (Å²) in [6.07, 6.45) is 7.44. The Morgan fingerprint density at radius 3 is 2.38 bits per heavy atom. The van der Waals surface area contributed by atoms with E-state index < -0.39 is 6.03 Å². The van der Waals surface area contributed by atoms with Crippen molar-refractivity contribution in [2.45, 2.75) is 6.42 Å². The molecule has 3 rings (SSSR count). The van der Waals surface area contributed by atoms with Gasteiger partial charge in [-0.2, -0.15) is 0 Å². The Labute approximate surface area is 92.8 Å². The van der Waals surface area contributed by atoms with Gasteiger partial charge < -0.3 is 10.1 Å². The van der Waals surface area contributed by atoms with E-state index >= 15 is 0 Å². The van der Waals surface area contributed by atoms with Crippen LogP contribution in [0.3, 0.4) is 0 Å². The van der Waals surface area contributed by atoms with E-state index in [1.165, 1.54) is 11.1 Å². The lowest BCUT2D eigenvalue weighted by Crippen LogP contribution is -2.22. The van der Waals surface area contributed by atoms with Gasteiger partial charge in [0.2, 0.25) is 5.91 Å². The van der Waals surface area contributed by atoms with Gasteiger partial charge in [0, 0.05) is 6.42 Å². The average molecular weight is 220 g/mol. The molecule has 0 aromatic heterocycles. The number of carbonyl (C=O) groups is 2. The van der Waals surface area contributed by atoms with Crippen molar-refractivity contribution in [2.75, 3.05) is 13.7 Å². The third-order valence-corrected chi connectivity index (χ3v) is 2.41. The number of hydrogen-bond donors (Lipinski definition) is 2. The van der Waals surface area contributed by atoms with Crippen LogP contribution >= 0.6 is 0 Å². The van der Waals surface area contributed by atoms with Gasteiger partial charge in [-0.15, -0.1) is 0 Å². The topological polar surface area (TPSA) is 67.4 Å². The molecule has 0 saturated carbocycles. The Bertz CT molecular complexity index is 419. The van der Waals surface area contributed by atoms with Gasteiger partial charge in [0.15, 0.2) is 0 Å². The van der Waals surface area contributed by atoms with Crippen molar-refractivity contribution in [1.82, 2.24) is 10.6 Å². The van der Waals surface area contributed by atoms with Gasteiger partial charge >= 0.3 is 6.03 Å². The van der Waals surface area contributed by atoms with Crippen molar-refractivity contribution in [3.8, 4) is 0 Å². The molecule has 2 aliphatic carbocycles. The van der Waals surface area contributed by atoms with E-state index in [0.29, 0.717) is 0 Å². The first-order valence-corrected chi connectivity index (χ1v) is 4.92. The van der Waals surface area contributed by atoms with Crippen molar-refractivity contribution in [1.29, 1.82) is 0 Å². The van der Waals surface area contributed by atoms with Gasteiger partial charge in [-0.3, -0.25) is 10.1 Å². The lowest BCUT2D eigenvalue weighted by Gasteiger charge is -1.98. The van der Waals surface area contributed by atoms with Crippen LogP contribution in [0.5, 0.6) is 0 Å². The second-order valence-electron chi connectivity index (χ2n) is 3.55. The van der Waals surface area contributed by atoms with Crippen LogP contribution in [-0.4, -0.2) is 25.6 Å². The highest BCUT2D eigenvalue weighted by molar-refractivity contribution is 6.01. The zero-order valence-corrected chi connectivity index (χ0v) is 8.87. The summed E-state index contributed by atoms with van der Waals surface area (Å²) in [6, 6.07) is -0.398. The van der Waals surface area contributed by atoms with Crippen LogP contribution in [0.2, 0.25) is 0 Å². The van der Waals surface area contributed by atoms with Crippen molar-refractivity contribution in [3.05, 3.63) is 35.1 Å². The number of urea groups is 1. The number of allylic oxidation sites excluding steroid dienone is 5. The van der Waals surface area contributed by atoms with E-state index in [9.17, 15) is 9.59 Å². The predicted octanol–water partition coefficient (Wildman–Crippen LogP) is 0.613. The summed E-state index contributed by atoms with van der Waals surface area (Å²) in [5, 5.41) is 4.30. The molecule has 0 spiro atoms. The first-order valence-electron chi connectivity index (χ1n) is 4.92. The van der Waals surface area contributed by atoms with E-state index in [0.717, 1.165) is 12.2 Å². The molecule has 2 N–H and O–H groups in total. The Kier molecular flexibility index (Phi) is 2.76. The van der Waals surface area contributed by atoms with Crippen molar-refractivity contribution >= 4 is 11.9 Å². The summed E-state index contributed by atoms with van der Waals surface area (Å²) in [7, 11) is 1.72. The SMILES string of the molecule is COC1=C2C=CC(=C1)C2.O=C1CNC(=O)N1. The summed E-state index contributed by atoms with van der Waals surface area (Å²) < 4.78 is 5.10. The normalized spacial score (nSPS) is 20.2. The Balaban J connectivity index is 0.000000125. The van der Waals surface area contributed by atoms with Gasteiger partial charge in [-0.25, -0.2) is 4.79 Å². The number of carbonyl (C=O) groups excluding carboxylic acids is 2. The second-order valence-corrected chi connectivity index (χ2v) is 3.55. The van der Waals surface area contributed by atoms with Gasteiger partial charge in [0.05, 0.1) is 13.7 Å². The predicted molar refractivity (Wildman–Crippen MR) is 57.4 cm³/mol. The highest BCUT2D eigenvalue weighted by Gasteiger charge is 2.17. The molecule has 2 bridgehead atoms. The van der Waals surface area contributed by atoms with Gasteiger partial charge in [0.25, 0.3) is 0 Å². The molecule has 16 heavy (non-hydrogen) atoms. The Hall–Kier alpha value is -2.04. The van der Waals surface area contributed by atoms with Crippen LogP contribution in [0, 0.1) is 0 Å². The molecule has 0 unspecified atom stereocenters. The maximum Gasteiger partial charge on any atom is 0.321 e. The molecular weight excluding hydrogens is 208 g/mol. The number of ether oxygens (including phenoxy) is 1. The average Bonchev–Trinajstić information content (AvgIpc) is 2.95. The molecule has 84 valence electrons. The Morgan fingerprint density at radius 2 is 2.12 bits per heavy atom. The molecule has 1 fully saturated rings. The largest absolute Gasteiger partial charge is 0.496 e. The summed E-state index contributed by atoms with van der Waals surface area (Å²) in [5.41, 5.74) is 2.70. The summed E-state index contributed by atoms with van der Waals surface area (Å²) in [4.78, 5) is 20.1. The Morgan fingerprint density at radius 1 is 1.31 bits per heavy atom. The number of amides is 3. The molecule has 0 aromatic rings. The molecule has 3 amide bonds. The smallest absolute Gasteiger partial charge is 0.321 e. The monoisotopic (exact) mass is 220 g/mol. The molecule has 3 aliphatic rings. The third-order valence-electron chi connectivity index (χ3n) is 2.41. The lowest BCUT2D eigenvalue weighted by molar-refractivity contribution is -0.117. The van der Waals surface area contributed by atoms with E-state index in [1.807, 2.05) is 5.32 Å². The van der Waals surface area contributed by atoms with Crippen LogP contribution in [0.1, 0.15) is 6.42 Å². The number of nitrogens with one attached hydrogen (secondary N) is 2. The quantitative estimate of drug-likeness (QED) is 0.636. The number of fused-ring (bicyclic) bond motifs is 2. The standard InChI is InChI=1S/C8H8O.C3H4N2O2/c1-9-8-5-6-2-3-7(8)4-6;6-2-1-4-3(7)5-2/h2-3,5H,4H2,1H3;1H2,(H2,4,5,6,7). The molecule has 1 heterocycles. The number of hydrogen-bond acceptors (Lipinski definition) is 3. The van der Waals surface area contributed by atoms with Crippen LogP contribution < -0.4 is 10.6 Å². The van der Waals surface area contributed by atoms with E-state index in [-0.39, 0.29) is 12.5 Å². The van der Waals surface area contributed by atoms with Crippen LogP contribution in [0.15, 0.2) is 35.1 Å². The van der Waals surface area contributed by atoms with Crippen molar-refractivity contribution < 1.29 is 14.3 Å². The third kappa shape index (κ3) is 2.13. The number of imide groups is 1. The zero-order valence-electron chi connectivity index (χ0n) is 8.87. The molecule has 5 nitrogen and oxygen atoms in total. The fraction of sp³-hybridized carbons (Fsp3) is 0.273. The molecular formula is C11H12N2O3. The maximum atomic E-state index is 10.1. The minimum absolute atomic E-state index is 0.124. The van der Waals surface area contributed by atoms with Crippen molar-refractivity contribution in [3.63, 3.8) is 0 Å². The maximum absolute atomic E-state index is 10.1. The number of rotatable bonds is 1. The van der Waals surface area contributed by atoms with E-state index in [1.54, 1.807) is 7.11 Å². The minimum Gasteiger partial charge on any atom is -0.496 e. The second kappa shape index (κ2) is 4.22. The number of methoxy groups -OCH3 is 1. The molecule has 1 aliphatic heterocycles. The van der Waals surface area contributed by atoms with Gasteiger partial charge in [0.1, 0.15) is 5.76 Å². The fourth-order valence-electron chi connectivity index (χ4n) is 1.64. The van der Waals surface area contributed by atoms with Gasteiger partial charge in [-0.05, 0) is 17.2 Å². The van der Waals surface area contributed by atoms with Crippen LogP contribution in [-0.2, 0) is 9.53 Å². The van der Waals surface area contributed by atoms with E-state index in [2.05, 4.69) is 23.5 Å². The molecule has 0 atom stereocenters. The van der Waals surface area contributed by atoms with Gasteiger partial charge in [-0.1, -0.05) is 12.2 Å². The summed E-state index contributed by atoms with van der Waals surface area (Å²) in [6.45, 7) is 0.124. The van der Waals surface area contributed by atoms with Crippen LogP contribution in [0.4, 0.5) is 4.79 Å². The van der Waals surface area contributed by atoms with E-state index in [4.69, 9.17) is 4.74 Å². The molecule has 5 heteroatoms. The molecule has 1 saturated heterocycles. The summed E-state index contributed by atoms with van der Waals surface area (Å²) >= 11 is 0. The van der Waals surface area contributed by atoms with Crippen LogP contribution in [0.25, 0.3) is 0 Å². The lowest BCUT2D eigenvalue weighted by atomic mass is 10.3. The first kappa shape index (κ1) is 10.5. The molecule has 0 aromatic carbocycles. The molecule has 0 radical (unpaired) electrons. The highest BCUT2D eigenvalue weighted by atomic mass is 16.5. The van der Waals surface area contributed by atoms with Crippen molar-refractivity contribution in [2.24, 2.45) is 0 Å². The first-order chi connectivity index (χ1) is 7.69.